The van der Waals surface area contributed by atoms with Crippen LogP contribution in [0.2, 0.25) is 5.02 Å². The second-order valence-electron chi connectivity index (χ2n) is 4.66. The minimum Gasteiger partial charge on any atom is -0.378 e. The van der Waals surface area contributed by atoms with Crippen molar-refractivity contribution in [2.24, 2.45) is 0 Å². The molecule has 0 saturated carbocycles. The molecule has 1 N–H and O–H groups in total. The standard InChI is InChI=1S/C14H17ClN2O3S2/c1-20-8-14-17-12(9-21-14)6-7-16-22(18,19)10-11-4-2-3-5-13(11)15/h2-5,9,16H,6-8,10H2,1H3. The van der Waals surface area contributed by atoms with Crippen LogP contribution in [0.25, 0.3) is 0 Å². The number of benzene rings is 1. The average molecular weight is 361 g/mol. The lowest BCUT2D eigenvalue weighted by Gasteiger charge is -2.07. The molecule has 0 aliphatic carbocycles. The van der Waals surface area contributed by atoms with Crippen LogP contribution in [-0.4, -0.2) is 27.1 Å². The number of rotatable bonds is 8. The summed E-state index contributed by atoms with van der Waals surface area (Å²) in [5.74, 6) is -0.126. The Labute approximate surface area is 139 Å². The van der Waals surface area contributed by atoms with E-state index in [1.54, 1.807) is 31.4 Å². The number of halogens is 1. The molecule has 8 heteroatoms. The number of hydrogen-bond donors (Lipinski definition) is 1. The van der Waals surface area contributed by atoms with Gasteiger partial charge in [-0.1, -0.05) is 29.8 Å². The largest absolute Gasteiger partial charge is 0.378 e. The molecule has 0 atom stereocenters. The van der Waals surface area contributed by atoms with Crippen molar-refractivity contribution in [1.29, 1.82) is 0 Å². The zero-order valence-electron chi connectivity index (χ0n) is 12.1. The van der Waals surface area contributed by atoms with Gasteiger partial charge in [0.1, 0.15) is 5.01 Å². The van der Waals surface area contributed by atoms with Gasteiger partial charge in [-0.2, -0.15) is 0 Å². The molecule has 0 aliphatic rings. The fourth-order valence-corrected chi connectivity index (χ4v) is 4.12. The van der Waals surface area contributed by atoms with Crippen molar-refractivity contribution in [1.82, 2.24) is 9.71 Å². The Morgan fingerprint density at radius 2 is 2.14 bits per heavy atom. The maximum absolute atomic E-state index is 12.0. The Bertz CT molecular complexity index is 716. The molecule has 2 aromatic rings. The van der Waals surface area contributed by atoms with E-state index in [1.807, 2.05) is 5.38 Å². The minimum absolute atomic E-state index is 0.126. The topological polar surface area (TPSA) is 68.3 Å². The van der Waals surface area contributed by atoms with E-state index in [9.17, 15) is 8.42 Å². The Hall–Kier alpha value is -0.990. The van der Waals surface area contributed by atoms with E-state index in [-0.39, 0.29) is 5.75 Å². The highest BCUT2D eigenvalue weighted by atomic mass is 35.5. The third-order valence-electron chi connectivity index (χ3n) is 2.87. The molecule has 0 unspecified atom stereocenters. The van der Waals surface area contributed by atoms with Crippen LogP contribution in [-0.2, 0) is 33.5 Å². The summed E-state index contributed by atoms with van der Waals surface area (Å²) >= 11 is 7.49. The Kier molecular flexibility index (Phi) is 6.34. The number of aromatic nitrogens is 1. The molecule has 22 heavy (non-hydrogen) atoms. The fraction of sp³-hybridized carbons (Fsp3) is 0.357. The highest BCUT2D eigenvalue weighted by Crippen LogP contribution is 2.17. The van der Waals surface area contributed by atoms with Gasteiger partial charge in [0.05, 0.1) is 18.1 Å². The summed E-state index contributed by atoms with van der Waals surface area (Å²) in [6, 6.07) is 6.92. The molecule has 120 valence electrons. The molecule has 0 bridgehead atoms. The average Bonchev–Trinajstić information content (AvgIpc) is 2.89. The summed E-state index contributed by atoms with van der Waals surface area (Å²) in [6.07, 6.45) is 0.544. The molecule has 0 fully saturated rings. The van der Waals surface area contributed by atoms with Gasteiger partial charge < -0.3 is 4.74 Å². The highest BCUT2D eigenvalue weighted by Gasteiger charge is 2.13. The SMILES string of the molecule is COCc1nc(CCNS(=O)(=O)Cc2ccccc2Cl)cs1. The number of methoxy groups -OCH3 is 1. The molecular formula is C14H17ClN2O3S2. The molecule has 0 amide bonds. The van der Waals surface area contributed by atoms with Gasteiger partial charge in [-0.05, 0) is 11.6 Å². The number of thiazole rings is 1. The predicted octanol–water partition coefficient (Wildman–Crippen LogP) is 2.61. The summed E-state index contributed by atoms with van der Waals surface area (Å²) in [7, 11) is -1.80. The first kappa shape index (κ1) is 17.4. The van der Waals surface area contributed by atoms with Crippen LogP contribution in [0.5, 0.6) is 0 Å². The normalized spacial score (nSPS) is 11.7. The lowest BCUT2D eigenvalue weighted by Crippen LogP contribution is -2.27. The van der Waals surface area contributed by atoms with Gasteiger partial charge in [0.2, 0.25) is 10.0 Å². The summed E-state index contributed by atoms with van der Waals surface area (Å²) in [6.45, 7) is 0.784. The van der Waals surface area contributed by atoms with E-state index >= 15 is 0 Å². The predicted molar refractivity (Wildman–Crippen MR) is 88.6 cm³/mol. The molecule has 0 spiro atoms. The van der Waals surface area contributed by atoms with Crippen LogP contribution in [0.15, 0.2) is 29.6 Å². The van der Waals surface area contributed by atoms with Crippen LogP contribution < -0.4 is 4.72 Å². The first-order valence-corrected chi connectivity index (χ1v) is 9.54. The van der Waals surface area contributed by atoms with Crippen molar-refractivity contribution in [2.75, 3.05) is 13.7 Å². The van der Waals surface area contributed by atoms with Crippen LogP contribution in [0.4, 0.5) is 0 Å². The Morgan fingerprint density at radius 3 is 2.86 bits per heavy atom. The summed E-state index contributed by atoms with van der Waals surface area (Å²) < 4.78 is 31.7. The van der Waals surface area contributed by atoms with Crippen LogP contribution in [0, 0.1) is 0 Å². The van der Waals surface area contributed by atoms with Crippen molar-refractivity contribution in [3.8, 4) is 0 Å². The van der Waals surface area contributed by atoms with Gasteiger partial charge in [-0.25, -0.2) is 18.1 Å². The van der Waals surface area contributed by atoms with E-state index in [0.717, 1.165) is 10.7 Å². The van der Waals surface area contributed by atoms with Crippen molar-refractivity contribution < 1.29 is 13.2 Å². The first-order valence-electron chi connectivity index (χ1n) is 6.63. The number of hydrogen-bond acceptors (Lipinski definition) is 5. The quantitative estimate of drug-likeness (QED) is 0.785. The van der Waals surface area contributed by atoms with Crippen LogP contribution in [0.3, 0.4) is 0 Å². The summed E-state index contributed by atoms with van der Waals surface area (Å²) in [5.41, 5.74) is 1.45. The zero-order valence-corrected chi connectivity index (χ0v) is 14.5. The lowest BCUT2D eigenvalue weighted by atomic mass is 10.2. The van der Waals surface area contributed by atoms with E-state index in [2.05, 4.69) is 9.71 Å². The van der Waals surface area contributed by atoms with Gasteiger partial charge in [-0.3, -0.25) is 0 Å². The molecule has 0 saturated heterocycles. The molecule has 0 aliphatic heterocycles. The molecule has 1 aromatic heterocycles. The molecule has 1 heterocycles. The summed E-state index contributed by atoms with van der Waals surface area (Å²) in [5, 5.41) is 3.25. The first-order chi connectivity index (χ1) is 10.5. The monoisotopic (exact) mass is 360 g/mol. The van der Waals surface area contributed by atoms with E-state index in [1.165, 1.54) is 11.3 Å². The Morgan fingerprint density at radius 1 is 1.36 bits per heavy atom. The van der Waals surface area contributed by atoms with Gasteiger partial charge in [0.25, 0.3) is 0 Å². The molecule has 0 radical (unpaired) electrons. The number of nitrogens with one attached hydrogen (secondary N) is 1. The third kappa shape index (κ3) is 5.33. The molecule has 2 rings (SSSR count). The number of ether oxygens (including phenoxy) is 1. The zero-order chi connectivity index (χ0) is 16.0. The molecule has 1 aromatic carbocycles. The van der Waals surface area contributed by atoms with E-state index < -0.39 is 10.0 Å². The minimum atomic E-state index is -3.41. The second kappa shape index (κ2) is 8.03. The van der Waals surface area contributed by atoms with E-state index in [0.29, 0.717) is 30.2 Å². The van der Waals surface area contributed by atoms with Crippen molar-refractivity contribution >= 4 is 33.0 Å². The lowest BCUT2D eigenvalue weighted by molar-refractivity contribution is 0.184. The summed E-state index contributed by atoms with van der Waals surface area (Å²) in [4.78, 5) is 4.36. The van der Waals surface area contributed by atoms with Gasteiger partial charge >= 0.3 is 0 Å². The fourth-order valence-electron chi connectivity index (χ4n) is 1.86. The Balaban J connectivity index is 1.86. The van der Waals surface area contributed by atoms with Gasteiger partial charge in [-0.15, -0.1) is 11.3 Å². The van der Waals surface area contributed by atoms with Crippen molar-refractivity contribution in [3.63, 3.8) is 0 Å². The van der Waals surface area contributed by atoms with Crippen molar-refractivity contribution in [2.45, 2.75) is 18.8 Å². The third-order valence-corrected chi connectivity index (χ3v) is 5.45. The molecule has 5 nitrogen and oxygen atoms in total. The number of nitrogens with zero attached hydrogens (tertiary/aromatic N) is 1. The smallest absolute Gasteiger partial charge is 0.215 e. The maximum Gasteiger partial charge on any atom is 0.215 e. The van der Waals surface area contributed by atoms with Gasteiger partial charge in [0, 0.05) is 30.5 Å². The molecular weight excluding hydrogens is 344 g/mol. The maximum atomic E-state index is 12.0. The second-order valence-corrected chi connectivity index (χ2v) is 7.82. The van der Waals surface area contributed by atoms with Crippen LogP contribution in [0.1, 0.15) is 16.3 Å². The highest BCUT2D eigenvalue weighted by molar-refractivity contribution is 7.88. The van der Waals surface area contributed by atoms with Crippen molar-refractivity contribution in [3.05, 3.63) is 50.9 Å². The van der Waals surface area contributed by atoms with E-state index in [4.69, 9.17) is 16.3 Å². The van der Waals surface area contributed by atoms with Crippen LogP contribution >= 0.6 is 22.9 Å². The van der Waals surface area contributed by atoms with Gasteiger partial charge in [0.15, 0.2) is 0 Å². The number of sulfonamides is 1.